The van der Waals surface area contributed by atoms with Crippen LogP contribution in [-0.2, 0) is 4.79 Å². The molecular weight excluding hydrogens is 115 g/mol. The Balaban J connectivity index is 3.82. The summed E-state index contributed by atoms with van der Waals surface area (Å²) in [4.78, 5) is 9.78. The van der Waals surface area contributed by atoms with Gasteiger partial charge in [0.25, 0.3) is 0 Å². The van der Waals surface area contributed by atoms with Gasteiger partial charge in [0.1, 0.15) is 0 Å². The van der Waals surface area contributed by atoms with Crippen LogP contribution in [0.25, 0.3) is 0 Å². The maximum absolute atomic E-state index is 9.78. The molecule has 0 aromatic rings. The predicted octanol–water partition coefficient (Wildman–Crippen LogP) is 1.21. The molecule has 3 heteroatoms. The average Bonchev–Trinajstić information content (AvgIpc) is 1.65. The summed E-state index contributed by atoms with van der Waals surface area (Å²) in [5.74, 6) is -0.977. The first-order valence-electron chi connectivity index (χ1n) is 1.68. The van der Waals surface area contributed by atoms with E-state index >= 15 is 0 Å². The van der Waals surface area contributed by atoms with Gasteiger partial charge in [-0.15, -0.1) is 0 Å². The number of carboxylic acid groups (broad SMARTS) is 1. The molecule has 0 aromatic carbocycles. The molecule has 0 saturated heterocycles. The molecule has 0 unspecified atom stereocenters. The van der Waals surface area contributed by atoms with Crippen molar-refractivity contribution in [2.75, 3.05) is 0 Å². The molecule has 0 heterocycles. The van der Waals surface area contributed by atoms with Gasteiger partial charge in [-0.05, 0) is 6.92 Å². The van der Waals surface area contributed by atoms with E-state index in [1.165, 1.54) is 6.92 Å². The molecule has 0 aromatic heterocycles. The molecule has 0 rings (SSSR count). The van der Waals surface area contributed by atoms with Crippen LogP contribution in [0.4, 0.5) is 0 Å². The van der Waals surface area contributed by atoms with Gasteiger partial charge >= 0.3 is 5.97 Å². The zero-order valence-corrected chi connectivity index (χ0v) is 4.57. The molecule has 0 atom stereocenters. The monoisotopic (exact) mass is 120 g/mol. The van der Waals surface area contributed by atoms with E-state index in [9.17, 15) is 4.79 Å². The van der Waals surface area contributed by atoms with Gasteiger partial charge in [0, 0.05) is 11.1 Å². The zero-order chi connectivity index (χ0) is 5.86. The van der Waals surface area contributed by atoms with E-state index in [0.29, 0.717) is 0 Å². The summed E-state index contributed by atoms with van der Waals surface area (Å²) >= 11 is 5.00. The van der Waals surface area contributed by atoms with Gasteiger partial charge in [-0.2, -0.15) is 0 Å². The third-order valence-electron chi connectivity index (χ3n) is 0.501. The number of aliphatic carboxylic acids is 1. The molecule has 0 saturated carbocycles. The zero-order valence-electron chi connectivity index (χ0n) is 3.81. The maximum Gasteiger partial charge on any atom is 0.332 e. The molecule has 0 aliphatic carbocycles. The fraction of sp³-hybridized carbons (Fsp3) is 0.250. The van der Waals surface area contributed by atoms with Crippen molar-refractivity contribution >= 4 is 17.6 Å². The third kappa shape index (κ3) is 2.23. The van der Waals surface area contributed by atoms with E-state index in [1.807, 2.05) is 0 Å². The van der Waals surface area contributed by atoms with Crippen LogP contribution in [0.1, 0.15) is 6.92 Å². The first-order valence-corrected chi connectivity index (χ1v) is 2.12. The Morgan fingerprint density at radius 3 is 2.29 bits per heavy atom. The van der Waals surface area contributed by atoms with Crippen molar-refractivity contribution in [2.24, 2.45) is 0 Å². The Morgan fingerprint density at radius 1 is 1.86 bits per heavy atom. The number of rotatable bonds is 1. The minimum Gasteiger partial charge on any atom is -0.478 e. The summed E-state index contributed by atoms with van der Waals surface area (Å²) in [7, 11) is 0. The summed E-state index contributed by atoms with van der Waals surface area (Å²) in [5, 5.41) is 8.03. The summed E-state index contributed by atoms with van der Waals surface area (Å²) < 4.78 is 0. The maximum atomic E-state index is 9.78. The molecule has 0 spiro atoms. The number of hydrogen-bond acceptors (Lipinski definition) is 1. The predicted molar refractivity (Wildman–Crippen MR) is 27.2 cm³/mol. The van der Waals surface area contributed by atoms with Gasteiger partial charge in [-0.3, -0.25) is 0 Å². The third-order valence-corrected chi connectivity index (χ3v) is 0.828. The smallest absolute Gasteiger partial charge is 0.332 e. The van der Waals surface area contributed by atoms with Crippen LogP contribution < -0.4 is 0 Å². The van der Waals surface area contributed by atoms with Crippen molar-refractivity contribution in [3.63, 3.8) is 0 Å². The van der Waals surface area contributed by atoms with Crippen LogP contribution >= 0.6 is 11.6 Å². The molecule has 40 valence electrons. The highest BCUT2D eigenvalue weighted by atomic mass is 35.5. The normalized spacial score (nSPS) is 11.4. The lowest BCUT2D eigenvalue weighted by Gasteiger charge is -1.82. The van der Waals surface area contributed by atoms with E-state index in [-0.39, 0.29) is 5.57 Å². The van der Waals surface area contributed by atoms with E-state index < -0.39 is 5.97 Å². The summed E-state index contributed by atoms with van der Waals surface area (Å²) in [6.07, 6.45) is 0. The fourth-order valence-electron chi connectivity index (χ4n) is 0.0467. The van der Waals surface area contributed by atoms with Crippen molar-refractivity contribution in [3.05, 3.63) is 11.1 Å². The van der Waals surface area contributed by atoms with E-state index in [4.69, 9.17) is 16.7 Å². The van der Waals surface area contributed by atoms with Crippen molar-refractivity contribution in [1.29, 1.82) is 0 Å². The summed E-state index contributed by atoms with van der Waals surface area (Å²) in [6.45, 7) is 1.43. The van der Waals surface area contributed by atoms with Gasteiger partial charge in [0.05, 0.1) is 0 Å². The fourth-order valence-corrected chi connectivity index (χ4v) is 0.140. The van der Waals surface area contributed by atoms with Crippen LogP contribution in [0.5, 0.6) is 0 Å². The summed E-state index contributed by atoms with van der Waals surface area (Å²) in [5.41, 5.74) is 1.18. The topological polar surface area (TPSA) is 37.3 Å². The lowest BCUT2D eigenvalue weighted by atomic mass is 10.4. The quantitative estimate of drug-likeness (QED) is 0.528. The van der Waals surface area contributed by atoms with Crippen molar-refractivity contribution < 1.29 is 9.90 Å². The highest BCUT2D eigenvalue weighted by Crippen LogP contribution is 1.92. The van der Waals surface area contributed by atoms with Crippen molar-refractivity contribution in [1.82, 2.24) is 0 Å². The minimum absolute atomic E-state index is 0.154. The summed E-state index contributed by atoms with van der Waals surface area (Å²) in [6, 6.07) is 0. The van der Waals surface area contributed by atoms with Gasteiger partial charge in [-0.25, -0.2) is 4.79 Å². The van der Waals surface area contributed by atoms with E-state index in [1.54, 1.807) is 0 Å². The molecule has 1 N–H and O–H groups in total. The van der Waals surface area contributed by atoms with E-state index in [2.05, 4.69) is 0 Å². The second kappa shape index (κ2) is 2.64. The average molecular weight is 121 g/mol. The Labute approximate surface area is 46.4 Å². The second-order valence-corrected chi connectivity index (χ2v) is 1.32. The second-order valence-electron chi connectivity index (χ2n) is 1.10. The minimum atomic E-state index is -0.977. The molecule has 2 nitrogen and oxygen atoms in total. The van der Waals surface area contributed by atoms with E-state index in [0.717, 1.165) is 5.54 Å². The molecule has 7 heavy (non-hydrogen) atoms. The molecule has 0 fully saturated rings. The number of carboxylic acids is 1. The van der Waals surface area contributed by atoms with Crippen LogP contribution in [0.3, 0.4) is 0 Å². The Bertz CT molecular complexity index is 106. The molecule has 0 bridgehead atoms. The first kappa shape index (κ1) is 6.50. The van der Waals surface area contributed by atoms with Gasteiger partial charge in [-0.1, -0.05) is 11.6 Å². The van der Waals surface area contributed by atoms with Crippen molar-refractivity contribution in [2.45, 2.75) is 6.92 Å². The molecular formula is C4H5ClO2. The van der Waals surface area contributed by atoms with Crippen LogP contribution in [0, 0.1) is 0 Å². The SMILES string of the molecule is C/C(=C\Cl)C(=O)O. The Hall–Kier alpha value is -0.500. The number of halogens is 1. The molecule has 0 aliphatic rings. The van der Waals surface area contributed by atoms with Crippen LogP contribution in [-0.4, -0.2) is 11.1 Å². The van der Waals surface area contributed by atoms with Crippen LogP contribution in [0.15, 0.2) is 11.1 Å². The highest BCUT2D eigenvalue weighted by Gasteiger charge is 1.94. The number of carbonyl (C=O) groups is 1. The lowest BCUT2D eigenvalue weighted by molar-refractivity contribution is -0.132. The van der Waals surface area contributed by atoms with Gasteiger partial charge in [0.2, 0.25) is 0 Å². The Morgan fingerprint density at radius 2 is 2.29 bits per heavy atom. The largest absolute Gasteiger partial charge is 0.478 e. The highest BCUT2D eigenvalue weighted by molar-refractivity contribution is 6.27. The van der Waals surface area contributed by atoms with Crippen LogP contribution in [0.2, 0.25) is 0 Å². The first-order chi connectivity index (χ1) is 3.18. The van der Waals surface area contributed by atoms with Crippen molar-refractivity contribution in [3.8, 4) is 0 Å². The number of hydrogen-bond donors (Lipinski definition) is 1. The standard InChI is InChI=1S/C4H5ClO2/c1-3(2-5)4(6)7/h2H,1H3,(H,6,7)/b3-2+. The molecule has 0 radical (unpaired) electrons. The lowest BCUT2D eigenvalue weighted by Crippen LogP contribution is -1.93. The van der Waals surface area contributed by atoms with Gasteiger partial charge < -0.3 is 5.11 Å². The van der Waals surface area contributed by atoms with Gasteiger partial charge in [0.15, 0.2) is 0 Å². The molecule has 0 amide bonds. The Kier molecular flexibility index (Phi) is 2.45. The molecule has 0 aliphatic heterocycles.